The number of likely N-dealkylation sites (tertiary alicyclic amines) is 1. The van der Waals surface area contributed by atoms with Crippen LogP contribution in [0.4, 0.5) is 0 Å². The van der Waals surface area contributed by atoms with E-state index in [2.05, 4.69) is 10.2 Å². The van der Waals surface area contributed by atoms with Crippen LogP contribution in [0.5, 0.6) is 0 Å². The molecule has 1 aromatic carbocycles. The van der Waals surface area contributed by atoms with Gasteiger partial charge in [0.1, 0.15) is 0 Å². The fraction of sp³-hybridized carbons (Fsp3) is 0.696. The maximum atomic E-state index is 12.4. The fourth-order valence-corrected chi connectivity index (χ4v) is 5.32. The topological polar surface area (TPSA) is 41.6 Å². The number of hydrogen-bond donors (Lipinski definition) is 1. The van der Waals surface area contributed by atoms with Gasteiger partial charge < -0.3 is 15.0 Å². The van der Waals surface area contributed by atoms with E-state index >= 15 is 0 Å². The molecule has 0 spiro atoms. The van der Waals surface area contributed by atoms with Crippen molar-refractivity contribution in [3.63, 3.8) is 0 Å². The van der Waals surface area contributed by atoms with Gasteiger partial charge in [-0.05, 0) is 43.2 Å². The highest BCUT2D eigenvalue weighted by molar-refractivity contribution is 5.76. The van der Waals surface area contributed by atoms with Crippen LogP contribution in [0.25, 0.3) is 0 Å². The highest BCUT2D eigenvalue weighted by Gasteiger charge is 2.41. The van der Waals surface area contributed by atoms with Gasteiger partial charge in [0.05, 0.1) is 19.1 Å². The summed E-state index contributed by atoms with van der Waals surface area (Å²) in [7, 11) is 0. The van der Waals surface area contributed by atoms with E-state index in [-0.39, 0.29) is 12.0 Å². The summed E-state index contributed by atoms with van der Waals surface area (Å²) >= 11 is 0. The van der Waals surface area contributed by atoms with Gasteiger partial charge in [0, 0.05) is 25.6 Å². The van der Waals surface area contributed by atoms with E-state index < -0.39 is 0 Å². The molecule has 0 bridgehead atoms. The first-order valence-corrected chi connectivity index (χ1v) is 10.9. The maximum absolute atomic E-state index is 12.4. The number of carbonyl (C=O) groups excluding carboxylic acids is 1. The maximum Gasteiger partial charge on any atom is 0.222 e. The molecular formula is C23H34N2O2. The second-order valence-electron chi connectivity index (χ2n) is 8.81. The van der Waals surface area contributed by atoms with Gasteiger partial charge in [-0.15, -0.1) is 0 Å². The van der Waals surface area contributed by atoms with Crippen LogP contribution in [0.2, 0.25) is 0 Å². The number of carbonyl (C=O) groups is 1. The van der Waals surface area contributed by atoms with Crippen LogP contribution >= 0.6 is 0 Å². The Morgan fingerprint density at radius 2 is 1.93 bits per heavy atom. The minimum absolute atomic E-state index is 0.114. The fourth-order valence-electron chi connectivity index (χ4n) is 5.32. The first-order valence-electron chi connectivity index (χ1n) is 10.9. The van der Waals surface area contributed by atoms with Gasteiger partial charge in [-0.2, -0.15) is 0 Å². The number of benzene rings is 1. The van der Waals surface area contributed by atoms with Crippen molar-refractivity contribution >= 4 is 5.91 Å². The molecule has 0 aromatic heterocycles. The molecule has 1 N–H and O–H groups in total. The average molecular weight is 371 g/mol. The summed E-state index contributed by atoms with van der Waals surface area (Å²) in [5.74, 6) is 2.22. The first kappa shape index (κ1) is 18.9. The molecule has 4 heteroatoms. The number of ether oxygens (including phenoxy) is 1. The molecule has 2 saturated heterocycles. The lowest BCUT2D eigenvalue weighted by molar-refractivity contribution is -0.124. The largest absolute Gasteiger partial charge is 0.377 e. The molecule has 1 amide bonds. The molecule has 0 unspecified atom stereocenters. The quantitative estimate of drug-likeness (QED) is 0.832. The van der Waals surface area contributed by atoms with Crippen LogP contribution in [0, 0.1) is 17.8 Å². The van der Waals surface area contributed by atoms with E-state index in [4.69, 9.17) is 4.74 Å². The van der Waals surface area contributed by atoms with Crippen molar-refractivity contribution in [1.29, 1.82) is 0 Å². The summed E-state index contributed by atoms with van der Waals surface area (Å²) < 4.78 is 6.07. The minimum atomic E-state index is 0.114. The molecular weight excluding hydrogens is 336 g/mol. The second-order valence-corrected chi connectivity index (χ2v) is 8.81. The average Bonchev–Trinajstić information content (AvgIpc) is 3.10. The Balaban J connectivity index is 1.21. The van der Waals surface area contributed by atoms with Crippen molar-refractivity contribution in [3.05, 3.63) is 35.9 Å². The van der Waals surface area contributed by atoms with Crippen molar-refractivity contribution in [2.45, 2.75) is 57.6 Å². The number of nitrogens with zero attached hydrogens (tertiary/aromatic N) is 1. The number of hydrogen-bond acceptors (Lipinski definition) is 3. The van der Waals surface area contributed by atoms with Crippen molar-refractivity contribution in [2.75, 3.05) is 26.2 Å². The zero-order valence-corrected chi connectivity index (χ0v) is 16.4. The lowest BCUT2D eigenvalue weighted by Gasteiger charge is -2.38. The van der Waals surface area contributed by atoms with Gasteiger partial charge in [-0.25, -0.2) is 0 Å². The van der Waals surface area contributed by atoms with Gasteiger partial charge in [0.2, 0.25) is 5.91 Å². The Labute approximate surface area is 163 Å². The molecule has 1 saturated carbocycles. The van der Waals surface area contributed by atoms with Crippen LogP contribution in [0.15, 0.2) is 30.3 Å². The summed E-state index contributed by atoms with van der Waals surface area (Å²) in [6, 6.07) is 10.1. The van der Waals surface area contributed by atoms with E-state index in [1.165, 1.54) is 58.2 Å². The number of nitrogens with one attached hydrogen (secondary N) is 1. The predicted molar refractivity (Wildman–Crippen MR) is 107 cm³/mol. The number of rotatable bonds is 6. The molecule has 2 aliphatic heterocycles. The number of amides is 1. The van der Waals surface area contributed by atoms with Gasteiger partial charge in [0.15, 0.2) is 0 Å². The molecule has 1 aromatic rings. The van der Waals surface area contributed by atoms with Crippen molar-refractivity contribution < 1.29 is 9.53 Å². The van der Waals surface area contributed by atoms with Crippen LogP contribution in [-0.4, -0.2) is 43.2 Å². The molecule has 148 valence electrons. The van der Waals surface area contributed by atoms with E-state index in [1.807, 2.05) is 30.3 Å². The highest BCUT2D eigenvalue weighted by Crippen LogP contribution is 2.36. The predicted octanol–water partition coefficient (Wildman–Crippen LogP) is 3.61. The Bertz CT molecular complexity index is 600. The smallest absolute Gasteiger partial charge is 0.222 e. The third kappa shape index (κ3) is 5.11. The van der Waals surface area contributed by atoms with E-state index in [0.717, 1.165) is 18.1 Å². The molecule has 1 aliphatic carbocycles. The van der Waals surface area contributed by atoms with Crippen LogP contribution in [0.1, 0.15) is 50.5 Å². The van der Waals surface area contributed by atoms with Crippen molar-refractivity contribution in [2.24, 2.45) is 17.8 Å². The Morgan fingerprint density at radius 1 is 1.11 bits per heavy atom. The third-order valence-corrected chi connectivity index (χ3v) is 6.84. The molecule has 3 atom stereocenters. The SMILES string of the molecule is O=C(C[C@@H]1OC[C@H]2CN(CC3CCCCC3)CC[C@H]21)NCc1ccccc1. The zero-order chi connectivity index (χ0) is 18.5. The Kier molecular flexibility index (Phi) is 6.46. The Morgan fingerprint density at radius 3 is 2.74 bits per heavy atom. The molecule has 27 heavy (non-hydrogen) atoms. The minimum Gasteiger partial charge on any atom is -0.377 e. The lowest BCUT2D eigenvalue weighted by atomic mass is 9.82. The first-order chi connectivity index (χ1) is 13.3. The molecule has 4 rings (SSSR count). The van der Waals surface area contributed by atoms with Crippen LogP contribution < -0.4 is 5.32 Å². The summed E-state index contributed by atoms with van der Waals surface area (Å²) in [6.45, 7) is 5.08. The van der Waals surface area contributed by atoms with Gasteiger partial charge >= 0.3 is 0 Å². The van der Waals surface area contributed by atoms with E-state index in [1.54, 1.807) is 0 Å². The summed E-state index contributed by atoms with van der Waals surface area (Å²) in [5.41, 5.74) is 1.15. The van der Waals surface area contributed by atoms with Crippen molar-refractivity contribution in [3.8, 4) is 0 Å². The van der Waals surface area contributed by atoms with Gasteiger partial charge in [-0.1, -0.05) is 49.6 Å². The van der Waals surface area contributed by atoms with Crippen LogP contribution in [-0.2, 0) is 16.1 Å². The molecule has 0 radical (unpaired) electrons. The number of piperidine rings is 1. The molecule has 3 fully saturated rings. The van der Waals surface area contributed by atoms with E-state index in [9.17, 15) is 4.79 Å². The van der Waals surface area contributed by atoms with Crippen molar-refractivity contribution in [1.82, 2.24) is 10.2 Å². The normalized spacial score (nSPS) is 29.4. The highest BCUT2D eigenvalue weighted by atomic mass is 16.5. The summed E-state index contributed by atoms with van der Waals surface area (Å²) in [4.78, 5) is 15.1. The zero-order valence-electron chi connectivity index (χ0n) is 16.4. The molecule has 3 aliphatic rings. The molecule has 2 heterocycles. The van der Waals surface area contributed by atoms with Gasteiger partial charge in [-0.3, -0.25) is 4.79 Å². The lowest BCUT2D eigenvalue weighted by Crippen LogP contribution is -2.44. The number of fused-ring (bicyclic) bond motifs is 1. The molecule has 4 nitrogen and oxygen atoms in total. The summed E-state index contributed by atoms with van der Waals surface area (Å²) in [6.07, 6.45) is 8.94. The van der Waals surface area contributed by atoms with Crippen LogP contribution in [0.3, 0.4) is 0 Å². The third-order valence-electron chi connectivity index (χ3n) is 6.84. The summed E-state index contributed by atoms with van der Waals surface area (Å²) in [5, 5.41) is 3.05. The monoisotopic (exact) mass is 370 g/mol. The second kappa shape index (κ2) is 9.20. The standard InChI is InChI=1S/C23H34N2O2/c26-23(24-14-18-7-3-1-4-8-18)13-22-21-11-12-25(16-20(21)17-27-22)15-19-9-5-2-6-10-19/h1,3-4,7-8,19-22H,2,5-6,9-17H2,(H,24,26)/t20-,21-,22+/m1/s1. The van der Waals surface area contributed by atoms with E-state index in [0.29, 0.717) is 24.8 Å². The van der Waals surface area contributed by atoms with Gasteiger partial charge in [0.25, 0.3) is 0 Å². The Hall–Kier alpha value is -1.39.